The first-order chi connectivity index (χ1) is 7.39. The number of rotatable bonds is 7. The Bertz CT molecular complexity index is 234. The lowest BCUT2D eigenvalue weighted by molar-refractivity contribution is -0.115. The summed E-state index contributed by atoms with van der Waals surface area (Å²) in [5.41, 5.74) is 0. The van der Waals surface area contributed by atoms with Crippen molar-refractivity contribution < 1.29 is 13.2 Å². The fourth-order valence-corrected chi connectivity index (χ4v) is 2.49. The van der Waals surface area contributed by atoms with E-state index in [1.54, 1.807) is 14.1 Å². The molecule has 0 N–H and O–H groups in total. The first kappa shape index (κ1) is 17.8. The molecule has 0 aliphatic heterocycles. The van der Waals surface area contributed by atoms with Crippen molar-refractivity contribution in [1.29, 1.82) is 0 Å². The molecule has 0 aromatic rings. The lowest BCUT2D eigenvalue weighted by Crippen LogP contribution is -2.10. The van der Waals surface area contributed by atoms with Crippen molar-refractivity contribution >= 4 is 16.2 Å². The molecule has 0 saturated carbocycles. The summed E-state index contributed by atoms with van der Waals surface area (Å²) in [5, 5.41) is 0. The summed E-state index contributed by atoms with van der Waals surface area (Å²) < 4.78 is 22.3. The lowest BCUT2D eigenvalue weighted by atomic mass is 10.4. The predicted molar refractivity (Wildman–Crippen MR) is 68.2 cm³/mol. The van der Waals surface area contributed by atoms with Crippen LogP contribution in [-0.4, -0.2) is 45.3 Å². The highest BCUT2D eigenvalue weighted by molar-refractivity contribution is 7.91. The molecule has 1 amide bonds. The van der Waals surface area contributed by atoms with Gasteiger partial charge in [-0.05, 0) is 12.8 Å². The van der Waals surface area contributed by atoms with E-state index >= 15 is 0 Å². The van der Waals surface area contributed by atoms with Crippen LogP contribution in [-0.2, 0) is 14.6 Å². The van der Waals surface area contributed by atoms with Crippen LogP contribution in [0.15, 0.2) is 0 Å². The van der Waals surface area contributed by atoms with Gasteiger partial charge in [0.2, 0.25) is 6.41 Å². The lowest BCUT2D eigenvalue weighted by Gasteiger charge is -2.00. The molecule has 0 fully saturated rings. The highest BCUT2D eigenvalue weighted by Crippen LogP contribution is 2.00. The van der Waals surface area contributed by atoms with Gasteiger partial charge in [0.25, 0.3) is 0 Å². The number of amides is 1. The average molecular weight is 251 g/mol. The summed E-state index contributed by atoms with van der Waals surface area (Å²) in [6.07, 6.45) is 4.30. The molecular formula is C11H25NO3S. The first-order valence-electron chi connectivity index (χ1n) is 5.71. The predicted octanol–water partition coefficient (Wildman–Crippen LogP) is 1.71. The van der Waals surface area contributed by atoms with Crippen molar-refractivity contribution in [3.05, 3.63) is 0 Å². The van der Waals surface area contributed by atoms with E-state index in [0.29, 0.717) is 11.5 Å². The fourth-order valence-electron chi connectivity index (χ4n) is 0.831. The molecule has 0 unspecified atom stereocenters. The number of carbonyl (C=O) groups is 1. The smallest absolute Gasteiger partial charge is 0.209 e. The van der Waals surface area contributed by atoms with E-state index in [1.165, 1.54) is 4.90 Å². The normalized spacial score (nSPS) is 10.2. The second kappa shape index (κ2) is 10.9. The second-order valence-electron chi connectivity index (χ2n) is 3.93. The van der Waals surface area contributed by atoms with Crippen LogP contribution in [0.2, 0.25) is 0 Å². The van der Waals surface area contributed by atoms with E-state index in [2.05, 4.69) is 0 Å². The van der Waals surface area contributed by atoms with Gasteiger partial charge in [0.1, 0.15) is 9.84 Å². The average Bonchev–Trinajstić information content (AvgIpc) is 2.24. The van der Waals surface area contributed by atoms with Gasteiger partial charge >= 0.3 is 0 Å². The molecule has 0 saturated heterocycles. The molecule has 0 atom stereocenters. The van der Waals surface area contributed by atoms with Gasteiger partial charge in [-0.1, -0.05) is 26.7 Å². The minimum absolute atomic E-state index is 0.378. The van der Waals surface area contributed by atoms with Gasteiger partial charge in [-0.15, -0.1) is 0 Å². The molecule has 5 heteroatoms. The van der Waals surface area contributed by atoms with Crippen LogP contribution < -0.4 is 0 Å². The molecule has 0 bridgehead atoms. The number of carbonyl (C=O) groups excluding carboxylic acids is 1. The Morgan fingerprint density at radius 1 is 1.00 bits per heavy atom. The minimum Gasteiger partial charge on any atom is -0.351 e. The summed E-state index contributed by atoms with van der Waals surface area (Å²) in [4.78, 5) is 10.9. The molecule has 16 heavy (non-hydrogen) atoms. The number of hydrogen-bond donors (Lipinski definition) is 0. The summed E-state index contributed by atoms with van der Waals surface area (Å²) >= 11 is 0. The molecule has 0 radical (unpaired) electrons. The highest BCUT2D eigenvalue weighted by Gasteiger charge is 2.07. The third-order valence-electron chi connectivity index (χ3n) is 1.83. The van der Waals surface area contributed by atoms with Gasteiger partial charge in [-0.3, -0.25) is 4.79 Å². The van der Waals surface area contributed by atoms with Crippen LogP contribution in [0.25, 0.3) is 0 Å². The number of sulfone groups is 1. The van der Waals surface area contributed by atoms with Gasteiger partial charge in [0.05, 0.1) is 11.5 Å². The molecule has 98 valence electrons. The molecule has 0 spiro atoms. The van der Waals surface area contributed by atoms with Crippen LogP contribution in [0.4, 0.5) is 0 Å². The van der Waals surface area contributed by atoms with E-state index in [1.807, 2.05) is 13.8 Å². The van der Waals surface area contributed by atoms with Crippen LogP contribution in [0, 0.1) is 0 Å². The molecule has 4 nitrogen and oxygen atoms in total. The van der Waals surface area contributed by atoms with Crippen LogP contribution >= 0.6 is 0 Å². The van der Waals surface area contributed by atoms with Gasteiger partial charge < -0.3 is 4.90 Å². The standard InChI is InChI=1S/C8H18O2S.C3H7NO/c1-3-5-7-11(9,10)8-6-4-2;1-4(2)3-5/h3-8H2,1-2H3;3H,1-2H3. The second-order valence-corrected chi connectivity index (χ2v) is 6.23. The van der Waals surface area contributed by atoms with Gasteiger partial charge in [-0.2, -0.15) is 0 Å². The third kappa shape index (κ3) is 15.9. The summed E-state index contributed by atoms with van der Waals surface area (Å²) in [7, 11) is 0.669. The molecule has 0 heterocycles. The van der Waals surface area contributed by atoms with E-state index in [-0.39, 0.29) is 0 Å². The Balaban J connectivity index is 0. The molecule has 0 aliphatic carbocycles. The third-order valence-corrected chi connectivity index (χ3v) is 3.65. The van der Waals surface area contributed by atoms with Crippen molar-refractivity contribution in [2.75, 3.05) is 25.6 Å². The van der Waals surface area contributed by atoms with Gasteiger partial charge in [-0.25, -0.2) is 8.42 Å². The first-order valence-corrected chi connectivity index (χ1v) is 7.53. The molecule has 0 aliphatic rings. The van der Waals surface area contributed by atoms with E-state index in [4.69, 9.17) is 0 Å². The minimum atomic E-state index is -2.71. The monoisotopic (exact) mass is 251 g/mol. The van der Waals surface area contributed by atoms with Gasteiger partial charge in [0.15, 0.2) is 0 Å². The Morgan fingerprint density at radius 3 is 1.50 bits per heavy atom. The zero-order valence-electron chi connectivity index (χ0n) is 10.9. The van der Waals surface area contributed by atoms with Gasteiger partial charge in [0, 0.05) is 14.1 Å². The summed E-state index contributed by atoms with van der Waals surface area (Å²) in [6.45, 7) is 4.02. The van der Waals surface area contributed by atoms with Crippen molar-refractivity contribution in [2.24, 2.45) is 0 Å². The van der Waals surface area contributed by atoms with Crippen LogP contribution in [0.1, 0.15) is 39.5 Å². The molecule has 0 aromatic carbocycles. The Labute approximate surface area is 99.9 Å². The molecule has 0 rings (SSSR count). The highest BCUT2D eigenvalue weighted by atomic mass is 32.2. The Kier molecular flexibility index (Phi) is 12.2. The summed E-state index contributed by atoms with van der Waals surface area (Å²) in [6, 6.07) is 0. The van der Waals surface area contributed by atoms with E-state index in [0.717, 1.165) is 32.1 Å². The topological polar surface area (TPSA) is 54.5 Å². The molecular weight excluding hydrogens is 226 g/mol. The number of nitrogens with zero attached hydrogens (tertiary/aromatic N) is 1. The number of hydrogen-bond acceptors (Lipinski definition) is 3. The van der Waals surface area contributed by atoms with E-state index < -0.39 is 9.84 Å². The maximum Gasteiger partial charge on any atom is 0.209 e. The van der Waals surface area contributed by atoms with Crippen LogP contribution in [0.3, 0.4) is 0 Å². The number of unbranched alkanes of at least 4 members (excludes halogenated alkanes) is 2. The Hall–Kier alpha value is -0.580. The van der Waals surface area contributed by atoms with Crippen LogP contribution in [0.5, 0.6) is 0 Å². The summed E-state index contributed by atoms with van der Waals surface area (Å²) in [5.74, 6) is 0.757. The largest absolute Gasteiger partial charge is 0.351 e. The van der Waals surface area contributed by atoms with Crippen molar-refractivity contribution in [2.45, 2.75) is 39.5 Å². The molecule has 0 aromatic heterocycles. The van der Waals surface area contributed by atoms with Crippen molar-refractivity contribution in [1.82, 2.24) is 4.90 Å². The SMILES string of the molecule is CCCCS(=O)(=O)CCCC.CN(C)C=O. The van der Waals surface area contributed by atoms with Crippen molar-refractivity contribution in [3.63, 3.8) is 0 Å². The zero-order valence-corrected chi connectivity index (χ0v) is 11.7. The quantitative estimate of drug-likeness (QED) is 0.647. The maximum atomic E-state index is 11.1. The Morgan fingerprint density at radius 2 is 1.31 bits per heavy atom. The van der Waals surface area contributed by atoms with Crippen molar-refractivity contribution in [3.8, 4) is 0 Å². The zero-order chi connectivity index (χ0) is 13.0. The van der Waals surface area contributed by atoms with E-state index in [9.17, 15) is 13.2 Å². The maximum absolute atomic E-state index is 11.1. The fraction of sp³-hybridized carbons (Fsp3) is 0.909.